The number of amides is 3. The minimum Gasteiger partial charge on any atom is -0.368 e. The monoisotopic (exact) mass is 332 g/mol. The summed E-state index contributed by atoms with van der Waals surface area (Å²) in [6.45, 7) is 8.59. The molecule has 0 saturated carbocycles. The number of nitrogens with one attached hydrogen (secondary N) is 2. The largest absolute Gasteiger partial charge is 0.368 e. The van der Waals surface area contributed by atoms with E-state index in [1.165, 1.54) is 5.69 Å². The van der Waals surface area contributed by atoms with E-state index in [1.807, 2.05) is 32.0 Å². The molecule has 2 N–H and O–H groups in total. The Morgan fingerprint density at radius 3 is 2.25 bits per heavy atom. The van der Waals surface area contributed by atoms with Crippen LogP contribution >= 0.6 is 0 Å². The topological polar surface area (TPSA) is 64.7 Å². The molecule has 0 bridgehead atoms. The number of hydrogen-bond donors (Lipinski definition) is 2. The van der Waals surface area contributed by atoms with Crippen molar-refractivity contribution in [1.82, 2.24) is 15.5 Å². The van der Waals surface area contributed by atoms with Crippen LogP contribution in [0.25, 0.3) is 0 Å². The van der Waals surface area contributed by atoms with Gasteiger partial charge in [0.05, 0.1) is 0 Å². The number of rotatable bonds is 5. The van der Waals surface area contributed by atoms with Crippen molar-refractivity contribution in [2.75, 3.05) is 31.1 Å². The summed E-state index contributed by atoms with van der Waals surface area (Å²) < 4.78 is 0. The van der Waals surface area contributed by atoms with E-state index in [0.29, 0.717) is 13.1 Å². The van der Waals surface area contributed by atoms with Crippen LogP contribution in [0.5, 0.6) is 0 Å². The molecule has 24 heavy (non-hydrogen) atoms. The van der Waals surface area contributed by atoms with Gasteiger partial charge in [-0.15, -0.1) is 0 Å². The molecule has 1 saturated heterocycles. The lowest BCUT2D eigenvalue weighted by Gasteiger charge is -2.36. The van der Waals surface area contributed by atoms with Crippen molar-refractivity contribution in [3.63, 3.8) is 0 Å². The number of urea groups is 1. The summed E-state index contributed by atoms with van der Waals surface area (Å²) in [6.07, 6.45) is 0.869. The van der Waals surface area contributed by atoms with E-state index in [2.05, 4.69) is 27.7 Å². The predicted octanol–water partition coefficient (Wildman–Crippen LogP) is 1.82. The van der Waals surface area contributed by atoms with Crippen molar-refractivity contribution >= 4 is 17.6 Å². The molecule has 0 aromatic heterocycles. The van der Waals surface area contributed by atoms with Crippen LogP contribution in [0.3, 0.4) is 0 Å². The molecule has 6 heteroatoms. The first-order chi connectivity index (χ1) is 11.5. The fraction of sp³-hybridized carbons (Fsp3) is 0.556. The van der Waals surface area contributed by atoms with Gasteiger partial charge in [-0.05, 0) is 32.4 Å². The van der Waals surface area contributed by atoms with Crippen LogP contribution in [-0.2, 0) is 4.79 Å². The molecule has 3 amide bonds. The molecule has 1 fully saturated rings. The second-order valence-corrected chi connectivity index (χ2v) is 6.30. The van der Waals surface area contributed by atoms with Crippen LogP contribution in [0.4, 0.5) is 10.5 Å². The predicted molar refractivity (Wildman–Crippen MR) is 96.1 cm³/mol. The minimum atomic E-state index is -0.529. The quantitative estimate of drug-likeness (QED) is 0.864. The summed E-state index contributed by atoms with van der Waals surface area (Å²) in [5, 5.41) is 5.68. The number of anilines is 1. The van der Waals surface area contributed by atoms with Crippen LogP contribution in [-0.4, -0.2) is 55.1 Å². The molecule has 0 unspecified atom stereocenters. The van der Waals surface area contributed by atoms with Gasteiger partial charge in [-0.2, -0.15) is 0 Å². The van der Waals surface area contributed by atoms with Crippen LogP contribution in [0.2, 0.25) is 0 Å². The molecule has 2 atom stereocenters. The Labute approximate surface area is 144 Å². The van der Waals surface area contributed by atoms with Gasteiger partial charge in [-0.3, -0.25) is 4.79 Å². The fourth-order valence-corrected chi connectivity index (χ4v) is 2.62. The Hall–Kier alpha value is -2.24. The number of piperazine rings is 1. The minimum absolute atomic E-state index is 0.117. The molecule has 132 valence electrons. The highest BCUT2D eigenvalue weighted by atomic mass is 16.2. The maximum Gasteiger partial charge on any atom is 0.318 e. The zero-order valence-corrected chi connectivity index (χ0v) is 14.8. The molecule has 1 heterocycles. The lowest BCUT2D eigenvalue weighted by atomic mass is 10.2. The average molecular weight is 332 g/mol. The van der Waals surface area contributed by atoms with Gasteiger partial charge < -0.3 is 20.4 Å². The van der Waals surface area contributed by atoms with Gasteiger partial charge in [-0.1, -0.05) is 25.1 Å². The van der Waals surface area contributed by atoms with E-state index in [4.69, 9.17) is 0 Å². The Balaban J connectivity index is 1.79. The summed E-state index contributed by atoms with van der Waals surface area (Å²) in [6, 6.07) is 9.62. The standard InChI is InChI=1S/C18H28N4O2/c1-4-14(2)19-17(23)15(3)20-18(24)22-12-10-21(11-13-22)16-8-6-5-7-9-16/h5-9,14-15H,4,10-13H2,1-3H3,(H,19,23)(H,20,24)/t14-,15-/m0/s1. The first-order valence-electron chi connectivity index (χ1n) is 8.67. The first-order valence-corrected chi connectivity index (χ1v) is 8.67. The summed E-state index contributed by atoms with van der Waals surface area (Å²) >= 11 is 0. The molecule has 0 radical (unpaired) electrons. The molecule has 2 rings (SSSR count). The second-order valence-electron chi connectivity index (χ2n) is 6.30. The van der Waals surface area contributed by atoms with E-state index >= 15 is 0 Å². The van der Waals surface area contributed by atoms with Gasteiger partial charge in [0.2, 0.25) is 5.91 Å². The highest BCUT2D eigenvalue weighted by Crippen LogP contribution is 2.15. The third-order valence-electron chi connectivity index (χ3n) is 4.42. The zero-order chi connectivity index (χ0) is 17.5. The summed E-state index contributed by atoms with van der Waals surface area (Å²) in [5.74, 6) is -0.138. The normalized spacial score (nSPS) is 17.1. The number of hydrogen-bond acceptors (Lipinski definition) is 3. The second kappa shape index (κ2) is 8.57. The van der Waals surface area contributed by atoms with Gasteiger partial charge in [0.25, 0.3) is 0 Å². The molecule has 1 aliphatic rings. The first kappa shape index (κ1) is 18.1. The van der Waals surface area contributed by atoms with Crippen molar-refractivity contribution < 1.29 is 9.59 Å². The highest BCUT2D eigenvalue weighted by molar-refractivity contribution is 5.86. The highest BCUT2D eigenvalue weighted by Gasteiger charge is 2.24. The SMILES string of the molecule is CC[C@H](C)NC(=O)[C@H](C)NC(=O)N1CCN(c2ccccc2)CC1. The van der Waals surface area contributed by atoms with E-state index in [1.54, 1.807) is 11.8 Å². The lowest BCUT2D eigenvalue weighted by Crippen LogP contribution is -2.55. The molecule has 6 nitrogen and oxygen atoms in total. The number of benzene rings is 1. The van der Waals surface area contributed by atoms with E-state index < -0.39 is 6.04 Å². The number of carbonyl (C=O) groups excluding carboxylic acids is 2. The molecule has 0 aliphatic carbocycles. The van der Waals surface area contributed by atoms with Crippen molar-refractivity contribution in [1.29, 1.82) is 0 Å². The molecule has 1 aromatic carbocycles. The van der Waals surface area contributed by atoms with Crippen molar-refractivity contribution in [3.05, 3.63) is 30.3 Å². The maximum atomic E-state index is 12.3. The average Bonchev–Trinajstić information content (AvgIpc) is 2.62. The summed E-state index contributed by atoms with van der Waals surface area (Å²) in [4.78, 5) is 28.4. The van der Waals surface area contributed by atoms with Crippen molar-refractivity contribution in [3.8, 4) is 0 Å². The number of nitrogens with zero attached hydrogens (tertiary/aromatic N) is 2. The molecular weight excluding hydrogens is 304 g/mol. The van der Waals surface area contributed by atoms with Gasteiger partial charge >= 0.3 is 6.03 Å². The van der Waals surface area contributed by atoms with Crippen LogP contribution < -0.4 is 15.5 Å². The van der Waals surface area contributed by atoms with Gasteiger partial charge in [0.1, 0.15) is 6.04 Å². The van der Waals surface area contributed by atoms with Gasteiger partial charge in [0.15, 0.2) is 0 Å². The molecule has 1 aromatic rings. The Bertz CT molecular complexity index is 541. The van der Waals surface area contributed by atoms with E-state index in [-0.39, 0.29) is 18.0 Å². The molecule has 1 aliphatic heterocycles. The number of carbonyl (C=O) groups is 2. The van der Waals surface area contributed by atoms with Crippen LogP contribution in [0.15, 0.2) is 30.3 Å². The fourth-order valence-electron chi connectivity index (χ4n) is 2.62. The Morgan fingerprint density at radius 2 is 1.67 bits per heavy atom. The van der Waals surface area contributed by atoms with E-state index in [9.17, 15) is 9.59 Å². The summed E-state index contributed by atoms with van der Waals surface area (Å²) in [7, 11) is 0. The smallest absolute Gasteiger partial charge is 0.318 e. The van der Waals surface area contributed by atoms with Gasteiger partial charge in [0, 0.05) is 37.9 Å². The molecule has 0 spiro atoms. The van der Waals surface area contributed by atoms with Crippen LogP contribution in [0.1, 0.15) is 27.2 Å². The lowest BCUT2D eigenvalue weighted by molar-refractivity contribution is -0.123. The van der Waals surface area contributed by atoms with E-state index in [0.717, 1.165) is 19.5 Å². The van der Waals surface area contributed by atoms with Crippen molar-refractivity contribution in [2.45, 2.75) is 39.3 Å². The summed E-state index contributed by atoms with van der Waals surface area (Å²) in [5.41, 5.74) is 1.18. The third kappa shape index (κ3) is 4.88. The number of para-hydroxylation sites is 1. The van der Waals surface area contributed by atoms with Crippen LogP contribution in [0, 0.1) is 0 Å². The third-order valence-corrected chi connectivity index (χ3v) is 4.42. The Kier molecular flexibility index (Phi) is 6.46. The van der Waals surface area contributed by atoms with Gasteiger partial charge in [-0.25, -0.2) is 4.79 Å². The Morgan fingerprint density at radius 1 is 1.04 bits per heavy atom. The zero-order valence-electron chi connectivity index (χ0n) is 14.8. The molecular formula is C18H28N4O2. The van der Waals surface area contributed by atoms with Crippen molar-refractivity contribution in [2.24, 2.45) is 0 Å². The maximum absolute atomic E-state index is 12.3.